The van der Waals surface area contributed by atoms with Crippen molar-refractivity contribution >= 4 is 34.0 Å². The summed E-state index contributed by atoms with van der Waals surface area (Å²) in [6, 6.07) is 25.3. The highest BCUT2D eigenvalue weighted by atomic mass is 16.5. The second-order valence-corrected chi connectivity index (χ2v) is 19.0. The number of para-hydroxylation sites is 1. The molecule has 0 radical (unpaired) electrons. The third-order valence-electron chi connectivity index (χ3n) is 16.1. The number of hydrogen-bond acceptors (Lipinski definition) is 3. The van der Waals surface area contributed by atoms with Crippen molar-refractivity contribution in [3.8, 4) is 0 Å². The zero-order chi connectivity index (χ0) is 39.3. The first-order valence-electron chi connectivity index (χ1n) is 23.1. The van der Waals surface area contributed by atoms with Crippen LogP contribution in [0.5, 0.6) is 0 Å². The highest BCUT2D eigenvalue weighted by Gasteiger charge is 2.50. The first-order chi connectivity index (χ1) is 29.7. The molecule has 3 nitrogen and oxygen atoms in total. The molecule has 3 heteroatoms. The maximum absolute atomic E-state index is 6.99. The lowest BCUT2D eigenvalue weighted by molar-refractivity contribution is 0.150. The van der Waals surface area contributed by atoms with Crippen molar-refractivity contribution in [3.63, 3.8) is 0 Å². The van der Waals surface area contributed by atoms with E-state index in [2.05, 4.69) is 157 Å². The summed E-state index contributed by atoms with van der Waals surface area (Å²) in [7, 11) is 0. The Labute approximate surface area is 354 Å². The van der Waals surface area contributed by atoms with Crippen LogP contribution in [0.25, 0.3) is 22.6 Å². The van der Waals surface area contributed by atoms with Crippen LogP contribution in [0.1, 0.15) is 91.2 Å². The van der Waals surface area contributed by atoms with Gasteiger partial charge in [0, 0.05) is 40.0 Å². The standard InChI is InChI=1S/C57H53NO2/c1-2-11-35(12-3-1)36-21-23-37(24-22-36)41-29-27-38-25-26-39(33-49(38)43-14-5-4-13-42(41)43)40-28-32-51-50(34-40)46-30-31-48-45-16-7-9-20-54(45)60-57(48)55(46)58(51)52-18-10-17-47-44-15-6-8-19-53(44)59-56(47)52/h1-3,5,7-12,14,16-21,23-24,28,30-34,36,38,41-43,45-46,49,54-55H,4,6,13,15,22,25-27,29H2/t36?,38?,41?,42?,43?,45?,46-,49?,54?,55?/m0/s1. The molecule has 0 spiro atoms. The fourth-order valence-electron chi connectivity index (χ4n) is 13.3. The van der Waals surface area contributed by atoms with Gasteiger partial charge in [0.05, 0.1) is 5.69 Å². The van der Waals surface area contributed by atoms with Gasteiger partial charge in [-0.3, -0.25) is 0 Å². The van der Waals surface area contributed by atoms with E-state index in [1.54, 1.807) is 11.1 Å². The van der Waals surface area contributed by atoms with Crippen LogP contribution in [-0.4, -0.2) is 12.1 Å². The lowest BCUT2D eigenvalue weighted by atomic mass is 9.65. The van der Waals surface area contributed by atoms with Gasteiger partial charge in [-0.05, 0) is 146 Å². The Morgan fingerprint density at radius 1 is 0.700 bits per heavy atom. The summed E-state index contributed by atoms with van der Waals surface area (Å²) >= 11 is 0. The van der Waals surface area contributed by atoms with Crippen LogP contribution < -0.4 is 4.90 Å². The van der Waals surface area contributed by atoms with E-state index in [9.17, 15) is 0 Å². The van der Waals surface area contributed by atoms with E-state index < -0.39 is 0 Å². The third kappa shape index (κ3) is 5.46. The van der Waals surface area contributed by atoms with Crippen LogP contribution in [0, 0.1) is 35.5 Å². The molecule has 13 rings (SSSR count). The van der Waals surface area contributed by atoms with Gasteiger partial charge in [0.1, 0.15) is 23.7 Å². The smallest absolute Gasteiger partial charge is 0.158 e. The molecule has 2 aliphatic heterocycles. The fourth-order valence-corrected chi connectivity index (χ4v) is 13.3. The van der Waals surface area contributed by atoms with Crippen molar-refractivity contribution in [1.82, 2.24) is 0 Å². The Hall–Kier alpha value is -5.54. The van der Waals surface area contributed by atoms with Crippen LogP contribution >= 0.6 is 0 Å². The molecule has 10 atom stereocenters. The first kappa shape index (κ1) is 35.2. The molecule has 0 N–H and O–H groups in total. The average Bonchev–Trinajstić information content (AvgIpc) is 3.96. The average molecular weight is 784 g/mol. The Morgan fingerprint density at radius 2 is 1.65 bits per heavy atom. The van der Waals surface area contributed by atoms with Crippen molar-refractivity contribution in [1.29, 1.82) is 0 Å². The summed E-state index contributed by atoms with van der Waals surface area (Å²) in [6.07, 6.45) is 44.7. The maximum Gasteiger partial charge on any atom is 0.158 e. The third-order valence-corrected chi connectivity index (χ3v) is 16.1. The van der Waals surface area contributed by atoms with Gasteiger partial charge in [0.2, 0.25) is 0 Å². The first-order valence-corrected chi connectivity index (χ1v) is 23.1. The molecular formula is C57H53NO2. The van der Waals surface area contributed by atoms with Crippen LogP contribution in [0.2, 0.25) is 0 Å². The summed E-state index contributed by atoms with van der Waals surface area (Å²) in [4.78, 5) is 2.58. The van der Waals surface area contributed by atoms with Gasteiger partial charge in [-0.1, -0.05) is 121 Å². The zero-order valence-corrected chi connectivity index (χ0v) is 34.3. The minimum Gasteiger partial charge on any atom is -0.487 e. The van der Waals surface area contributed by atoms with Gasteiger partial charge in [0.25, 0.3) is 0 Å². The number of ether oxygens (including phenoxy) is 1. The number of allylic oxidation sites excluding steroid dienone is 12. The molecule has 3 heterocycles. The number of benzene rings is 3. The summed E-state index contributed by atoms with van der Waals surface area (Å²) in [5.74, 6) is 6.40. The lowest BCUT2D eigenvalue weighted by Crippen LogP contribution is -2.34. The Morgan fingerprint density at radius 3 is 2.58 bits per heavy atom. The Kier molecular flexibility index (Phi) is 8.23. The van der Waals surface area contributed by atoms with Crippen LogP contribution in [0.15, 0.2) is 167 Å². The molecule has 1 aromatic heterocycles. The molecule has 4 aromatic rings. The summed E-state index contributed by atoms with van der Waals surface area (Å²) in [6.45, 7) is 0. The molecule has 0 amide bonds. The number of fused-ring (bicyclic) bond motifs is 12. The molecule has 1 fully saturated rings. The molecule has 60 heavy (non-hydrogen) atoms. The monoisotopic (exact) mass is 783 g/mol. The van der Waals surface area contributed by atoms with Crippen molar-refractivity contribution in [2.75, 3.05) is 4.90 Å². The molecule has 0 saturated heterocycles. The maximum atomic E-state index is 6.99. The van der Waals surface area contributed by atoms with Gasteiger partial charge in [0.15, 0.2) is 5.58 Å². The predicted molar refractivity (Wildman–Crippen MR) is 245 cm³/mol. The highest BCUT2D eigenvalue weighted by molar-refractivity contribution is 5.97. The van der Waals surface area contributed by atoms with Crippen molar-refractivity contribution in [2.45, 2.75) is 81.8 Å². The second kappa shape index (κ2) is 14.0. The van der Waals surface area contributed by atoms with Gasteiger partial charge in [-0.2, -0.15) is 0 Å². The molecule has 7 aliphatic carbocycles. The van der Waals surface area contributed by atoms with Gasteiger partial charge >= 0.3 is 0 Å². The van der Waals surface area contributed by atoms with Gasteiger partial charge in [-0.15, -0.1) is 0 Å². The zero-order valence-electron chi connectivity index (χ0n) is 34.3. The number of hydrogen-bond donors (Lipinski definition) is 0. The predicted octanol–water partition coefficient (Wildman–Crippen LogP) is 14.0. The molecule has 298 valence electrons. The lowest BCUT2D eigenvalue weighted by Gasteiger charge is -2.39. The number of aryl methyl sites for hydroxylation is 1. The molecule has 0 bridgehead atoms. The van der Waals surface area contributed by atoms with E-state index in [4.69, 9.17) is 9.15 Å². The second-order valence-electron chi connectivity index (χ2n) is 19.0. The topological polar surface area (TPSA) is 25.6 Å². The summed E-state index contributed by atoms with van der Waals surface area (Å²) in [5, 5.41) is 1.25. The van der Waals surface area contributed by atoms with E-state index in [1.165, 1.54) is 71.0 Å². The SMILES string of the molecule is C1=CC2OC3=C(C=C[C@H]4c5cc(C6=CC7C(CC6)CCC(C6=CCC(c8ccccc8)C=C6)C6CCC=CC76)ccc5N(c5cccc6c7c(oc56)C=CCC7)C34)C2C=C1. The summed E-state index contributed by atoms with van der Waals surface area (Å²) in [5.41, 5.74) is 13.5. The van der Waals surface area contributed by atoms with Crippen molar-refractivity contribution in [3.05, 3.63) is 191 Å². The molecule has 9 aliphatic rings. The quantitative estimate of drug-likeness (QED) is 0.193. The van der Waals surface area contributed by atoms with Gasteiger partial charge < -0.3 is 14.1 Å². The molecular weight excluding hydrogens is 731 g/mol. The summed E-state index contributed by atoms with van der Waals surface area (Å²) < 4.78 is 13.8. The largest absolute Gasteiger partial charge is 0.487 e. The normalized spacial score (nSPS) is 32.9. The number of anilines is 2. The van der Waals surface area contributed by atoms with E-state index >= 15 is 0 Å². The number of rotatable bonds is 4. The highest BCUT2D eigenvalue weighted by Crippen LogP contribution is 2.57. The van der Waals surface area contributed by atoms with Crippen molar-refractivity contribution < 1.29 is 9.15 Å². The van der Waals surface area contributed by atoms with E-state index in [1.807, 2.05) is 0 Å². The van der Waals surface area contributed by atoms with Crippen LogP contribution in [0.3, 0.4) is 0 Å². The Bertz CT molecular complexity index is 2690. The molecule has 9 unspecified atom stereocenters. The van der Waals surface area contributed by atoms with E-state index in [0.29, 0.717) is 29.6 Å². The van der Waals surface area contributed by atoms with Crippen molar-refractivity contribution in [2.24, 2.45) is 35.5 Å². The van der Waals surface area contributed by atoms with E-state index in [-0.39, 0.29) is 24.0 Å². The Balaban J connectivity index is 0.859. The molecule has 1 saturated carbocycles. The van der Waals surface area contributed by atoms with E-state index in [0.717, 1.165) is 54.4 Å². The van der Waals surface area contributed by atoms with Crippen LogP contribution in [-0.2, 0) is 11.2 Å². The minimum absolute atomic E-state index is 0.0358. The minimum atomic E-state index is 0.0358. The molecule has 3 aromatic carbocycles. The number of furan rings is 1. The van der Waals surface area contributed by atoms with Crippen LogP contribution in [0.4, 0.5) is 11.4 Å². The fraction of sp³-hybridized carbons (Fsp3) is 0.333. The van der Waals surface area contributed by atoms with Gasteiger partial charge in [-0.25, -0.2) is 0 Å². The number of nitrogens with zero attached hydrogens (tertiary/aromatic N) is 1.